The highest BCUT2D eigenvalue weighted by molar-refractivity contribution is 5.75. The number of nitrogens with zero attached hydrogens (tertiary/aromatic N) is 1. The maximum absolute atomic E-state index is 11.8. The highest BCUT2D eigenvalue weighted by Crippen LogP contribution is 2.08. The molecule has 0 radical (unpaired) electrons. The Morgan fingerprint density at radius 3 is 1.83 bits per heavy atom. The topological polar surface area (TPSA) is 69.6 Å². The monoisotopic (exact) mass is 328 g/mol. The van der Waals surface area contributed by atoms with Crippen LogP contribution in [0.5, 0.6) is 0 Å². The molecule has 0 aromatic carbocycles. The molecular formula is C18H36N2O3. The summed E-state index contributed by atoms with van der Waals surface area (Å²) in [5, 5.41) is 11.5. The van der Waals surface area contributed by atoms with E-state index in [4.69, 9.17) is 5.11 Å². The van der Waals surface area contributed by atoms with Crippen molar-refractivity contribution in [2.75, 3.05) is 13.1 Å². The number of nitrogens with one attached hydrogen (secondary N) is 1. The molecule has 0 aromatic heterocycles. The Morgan fingerprint density at radius 1 is 0.870 bits per heavy atom. The number of hydrogen-bond acceptors (Lipinski definition) is 3. The van der Waals surface area contributed by atoms with Crippen LogP contribution in [0.3, 0.4) is 0 Å². The van der Waals surface area contributed by atoms with E-state index in [-0.39, 0.29) is 12.3 Å². The number of carboxylic acid groups (broad SMARTS) is 1. The van der Waals surface area contributed by atoms with Gasteiger partial charge in [0.15, 0.2) is 0 Å². The van der Waals surface area contributed by atoms with Crippen molar-refractivity contribution in [3.8, 4) is 0 Å². The fourth-order valence-electron chi connectivity index (χ4n) is 2.79. The summed E-state index contributed by atoms with van der Waals surface area (Å²) in [5.74, 6) is -0.571. The predicted molar refractivity (Wildman–Crippen MR) is 94.6 cm³/mol. The van der Waals surface area contributed by atoms with E-state index in [2.05, 4.69) is 37.9 Å². The molecule has 0 aliphatic heterocycles. The molecular weight excluding hydrogens is 292 g/mol. The summed E-state index contributed by atoms with van der Waals surface area (Å²) in [7, 11) is 0. The third kappa shape index (κ3) is 13.1. The molecule has 0 rings (SSSR count). The molecule has 0 bridgehead atoms. The summed E-state index contributed by atoms with van der Waals surface area (Å²) in [6, 6.07) is 0.987. The van der Waals surface area contributed by atoms with E-state index in [1.54, 1.807) is 0 Å². The minimum atomic E-state index is -0.713. The van der Waals surface area contributed by atoms with Crippen LogP contribution in [0.1, 0.15) is 79.1 Å². The number of unbranched alkanes of at least 4 members (excludes halogenated alkanes) is 5. The smallest absolute Gasteiger partial charge is 0.303 e. The van der Waals surface area contributed by atoms with Crippen molar-refractivity contribution in [2.24, 2.45) is 0 Å². The van der Waals surface area contributed by atoms with E-state index in [0.717, 1.165) is 45.1 Å². The Hall–Kier alpha value is -1.10. The summed E-state index contributed by atoms with van der Waals surface area (Å²) < 4.78 is 0. The van der Waals surface area contributed by atoms with Crippen LogP contribution in [-0.4, -0.2) is 47.1 Å². The van der Waals surface area contributed by atoms with Crippen LogP contribution in [-0.2, 0) is 9.59 Å². The molecule has 5 nitrogen and oxygen atoms in total. The first kappa shape index (κ1) is 21.9. The lowest BCUT2D eigenvalue weighted by Crippen LogP contribution is -2.42. The third-order valence-electron chi connectivity index (χ3n) is 4.06. The van der Waals surface area contributed by atoms with Crippen LogP contribution < -0.4 is 5.32 Å². The second-order valence-corrected chi connectivity index (χ2v) is 6.79. The number of hydrogen-bond donors (Lipinski definition) is 2. The largest absolute Gasteiger partial charge is 0.481 e. The molecule has 0 aliphatic rings. The van der Waals surface area contributed by atoms with Crippen molar-refractivity contribution < 1.29 is 14.7 Å². The van der Waals surface area contributed by atoms with Crippen molar-refractivity contribution in [1.29, 1.82) is 0 Å². The maximum Gasteiger partial charge on any atom is 0.303 e. The molecule has 0 saturated carbocycles. The molecule has 2 N–H and O–H groups in total. The van der Waals surface area contributed by atoms with Gasteiger partial charge in [0.1, 0.15) is 0 Å². The first-order valence-corrected chi connectivity index (χ1v) is 9.08. The molecule has 0 aromatic rings. The summed E-state index contributed by atoms with van der Waals surface area (Å²) in [6.45, 7) is 10.3. The molecule has 1 amide bonds. The first-order chi connectivity index (χ1) is 10.8. The zero-order chi connectivity index (χ0) is 17.7. The van der Waals surface area contributed by atoms with Gasteiger partial charge in [0, 0.05) is 38.0 Å². The van der Waals surface area contributed by atoms with Gasteiger partial charge < -0.3 is 10.4 Å². The molecule has 0 unspecified atom stereocenters. The van der Waals surface area contributed by atoms with E-state index in [1.165, 1.54) is 0 Å². The summed E-state index contributed by atoms with van der Waals surface area (Å²) >= 11 is 0. The zero-order valence-electron chi connectivity index (χ0n) is 15.4. The normalized spacial score (nSPS) is 11.4. The zero-order valence-corrected chi connectivity index (χ0v) is 15.4. The fourth-order valence-corrected chi connectivity index (χ4v) is 2.79. The van der Waals surface area contributed by atoms with Gasteiger partial charge in [-0.1, -0.05) is 25.7 Å². The number of carboxylic acids is 1. The Morgan fingerprint density at radius 2 is 1.35 bits per heavy atom. The van der Waals surface area contributed by atoms with Crippen LogP contribution >= 0.6 is 0 Å². The highest BCUT2D eigenvalue weighted by atomic mass is 16.4. The molecule has 0 atom stereocenters. The minimum Gasteiger partial charge on any atom is -0.481 e. The van der Waals surface area contributed by atoms with Gasteiger partial charge >= 0.3 is 5.97 Å². The second kappa shape index (κ2) is 13.3. The lowest BCUT2D eigenvalue weighted by atomic mass is 10.1. The molecule has 136 valence electrons. The Balaban J connectivity index is 3.52. The van der Waals surface area contributed by atoms with E-state index in [0.29, 0.717) is 25.0 Å². The van der Waals surface area contributed by atoms with Gasteiger partial charge in [-0.05, 0) is 40.5 Å². The number of amides is 1. The van der Waals surface area contributed by atoms with Crippen molar-refractivity contribution in [1.82, 2.24) is 10.2 Å². The van der Waals surface area contributed by atoms with Crippen molar-refractivity contribution >= 4 is 11.9 Å². The molecule has 0 heterocycles. The van der Waals surface area contributed by atoms with Gasteiger partial charge in [-0.15, -0.1) is 0 Å². The van der Waals surface area contributed by atoms with E-state index in [1.807, 2.05) is 0 Å². The molecule has 23 heavy (non-hydrogen) atoms. The molecule has 0 spiro atoms. The van der Waals surface area contributed by atoms with Gasteiger partial charge in [-0.25, -0.2) is 0 Å². The number of rotatable bonds is 14. The average Bonchev–Trinajstić information content (AvgIpc) is 2.45. The van der Waals surface area contributed by atoms with Gasteiger partial charge in [0.05, 0.1) is 0 Å². The van der Waals surface area contributed by atoms with Crippen LogP contribution in [0.15, 0.2) is 0 Å². The van der Waals surface area contributed by atoms with Gasteiger partial charge in [0.25, 0.3) is 0 Å². The third-order valence-corrected chi connectivity index (χ3v) is 4.06. The van der Waals surface area contributed by atoms with E-state index in [9.17, 15) is 9.59 Å². The molecule has 0 aliphatic carbocycles. The predicted octanol–water partition coefficient (Wildman–Crippen LogP) is 3.43. The molecule has 0 fully saturated rings. The fraction of sp³-hybridized carbons (Fsp3) is 0.889. The van der Waals surface area contributed by atoms with E-state index >= 15 is 0 Å². The summed E-state index contributed by atoms with van der Waals surface area (Å²) in [4.78, 5) is 24.5. The van der Waals surface area contributed by atoms with Crippen LogP contribution in [0.4, 0.5) is 0 Å². The second-order valence-electron chi connectivity index (χ2n) is 6.79. The highest BCUT2D eigenvalue weighted by Gasteiger charge is 2.12. The van der Waals surface area contributed by atoms with Crippen LogP contribution in [0.25, 0.3) is 0 Å². The number of carbonyl (C=O) groups is 2. The Labute approximate surface area is 141 Å². The molecule has 0 saturated heterocycles. The van der Waals surface area contributed by atoms with E-state index < -0.39 is 5.97 Å². The molecule has 5 heteroatoms. The summed E-state index contributed by atoms with van der Waals surface area (Å²) in [5.41, 5.74) is 0. The average molecular weight is 328 g/mol. The van der Waals surface area contributed by atoms with Crippen LogP contribution in [0, 0.1) is 0 Å². The van der Waals surface area contributed by atoms with Gasteiger partial charge in [-0.2, -0.15) is 0 Å². The van der Waals surface area contributed by atoms with Crippen molar-refractivity contribution in [3.05, 3.63) is 0 Å². The van der Waals surface area contributed by atoms with Crippen molar-refractivity contribution in [3.63, 3.8) is 0 Å². The SMILES string of the molecule is CC(C)N(CCNC(=O)CCCCCCCCC(=O)O)C(C)C. The van der Waals surface area contributed by atoms with Crippen LogP contribution in [0.2, 0.25) is 0 Å². The van der Waals surface area contributed by atoms with Crippen molar-refractivity contribution in [2.45, 2.75) is 91.1 Å². The number of carbonyl (C=O) groups excluding carboxylic acids is 1. The number of aliphatic carboxylic acids is 1. The first-order valence-electron chi connectivity index (χ1n) is 9.08. The Kier molecular flexibility index (Phi) is 12.7. The maximum atomic E-state index is 11.8. The summed E-state index contributed by atoms with van der Waals surface area (Å²) in [6.07, 6.45) is 6.71. The Bertz CT molecular complexity index is 322. The lowest BCUT2D eigenvalue weighted by Gasteiger charge is -2.30. The minimum absolute atomic E-state index is 0.142. The van der Waals surface area contributed by atoms with Gasteiger partial charge in [0.2, 0.25) is 5.91 Å². The quantitative estimate of drug-likeness (QED) is 0.479. The lowest BCUT2D eigenvalue weighted by molar-refractivity contribution is -0.137. The standard InChI is InChI=1S/C18H36N2O3/c1-15(2)20(16(3)4)14-13-19-17(21)11-9-7-5-6-8-10-12-18(22)23/h15-16H,5-14H2,1-4H3,(H,19,21)(H,22,23). The van der Waals surface area contributed by atoms with Gasteiger partial charge in [-0.3, -0.25) is 14.5 Å².